The van der Waals surface area contributed by atoms with Crippen molar-refractivity contribution in [2.45, 2.75) is 44.6 Å². The number of rotatable bonds is 2. The summed E-state index contributed by atoms with van der Waals surface area (Å²) in [5.74, 6) is 0.529. The number of aliphatic hydroxyl groups excluding tert-OH is 1. The Labute approximate surface area is 106 Å². The molecule has 0 spiro atoms. The average Bonchev–Trinajstić information content (AvgIpc) is 2.63. The van der Waals surface area contributed by atoms with Gasteiger partial charge in [-0.05, 0) is 45.3 Å². The summed E-state index contributed by atoms with van der Waals surface area (Å²) in [6.07, 6.45) is 7.34. The molecule has 0 aromatic rings. The van der Waals surface area contributed by atoms with Crippen LogP contribution in [0.2, 0.25) is 0 Å². The van der Waals surface area contributed by atoms with Gasteiger partial charge in [-0.3, -0.25) is 0 Å². The predicted molar refractivity (Wildman–Crippen MR) is 71.1 cm³/mol. The molecule has 3 nitrogen and oxygen atoms in total. The second-order valence-electron chi connectivity index (χ2n) is 5.92. The molecule has 100 valence electrons. The third-order valence-electron chi connectivity index (χ3n) is 4.42. The summed E-state index contributed by atoms with van der Waals surface area (Å²) in [6.45, 7) is 5.93. The molecular formula is C14H28N2O. The molecule has 1 heterocycles. The van der Waals surface area contributed by atoms with E-state index >= 15 is 0 Å². The smallest absolute Gasteiger partial charge is 0.0580 e. The van der Waals surface area contributed by atoms with E-state index < -0.39 is 0 Å². The molecule has 2 atom stereocenters. The summed E-state index contributed by atoms with van der Waals surface area (Å²) >= 11 is 0. The van der Waals surface area contributed by atoms with E-state index in [-0.39, 0.29) is 6.10 Å². The van der Waals surface area contributed by atoms with Gasteiger partial charge in [0, 0.05) is 19.6 Å². The van der Waals surface area contributed by atoms with E-state index in [2.05, 4.69) is 16.8 Å². The number of nitrogens with zero attached hydrogens (tertiary/aromatic N) is 2. The molecule has 1 saturated heterocycles. The normalized spacial score (nSPS) is 34.2. The molecule has 1 N–H and O–H groups in total. The highest BCUT2D eigenvalue weighted by Gasteiger charge is 2.24. The van der Waals surface area contributed by atoms with Crippen LogP contribution >= 0.6 is 0 Å². The molecule has 0 radical (unpaired) electrons. The van der Waals surface area contributed by atoms with Crippen LogP contribution in [0, 0.1) is 5.92 Å². The van der Waals surface area contributed by atoms with Crippen LogP contribution in [0.3, 0.4) is 0 Å². The highest BCUT2D eigenvalue weighted by Crippen LogP contribution is 2.24. The van der Waals surface area contributed by atoms with Crippen LogP contribution in [0.5, 0.6) is 0 Å². The molecule has 1 saturated carbocycles. The van der Waals surface area contributed by atoms with Crippen molar-refractivity contribution in [3.05, 3.63) is 0 Å². The Morgan fingerprint density at radius 1 is 0.941 bits per heavy atom. The lowest BCUT2D eigenvalue weighted by atomic mass is 9.96. The fraction of sp³-hybridized carbons (Fsp3) is 1.00. The first-order chi connectivity index (χ1) is 8.25. The second kappa shape index (κ2) is 6.72. The average molecular weight is 240 g/mol. The van der Waals surface area contributed by atoms with E-state index in [1.54, 1.807) is 0 Å². The summed E-state index contributed by atoms with van der Waals surface area (Å²) < 4.78 is 0. The number of hydrogen-bond donors (Lipinski definition) is 1. The van der Waals surface area contributed by atoms with Crippen molar-refractivity contribution in [3.8, 4) is 0 Å². The number of aliphatic hydroxyl groups is 1. The highest BCUT2D eigenvalue weighted by molar-refractivity contribution is 4.78. The minimum absolute atomic E-state index is 0.0431. The second-order valence-corrected chi connectivity index (χ2v) is 5.92. The molecule has 1 aliphatic heterocycles. The molecule has 2 unspecified atom stereocenters. The summed E-state index contributed by atoms with van der Waals surface area (Å²) in [5.41, 5.74) is 0. The Morgan fingerprint density at radius 2 is 1.76 bits per heavy atom. The molecule has 1 aliphatic carbocycles. The van der Waals surface area contributed by atoms with E-state index in [4.69, 9.17) is 0 Å². The minimum atomic E-state index is -0.0431. The molecule has 0 bridgehead atoms. The first-order valence-corrected chi connectivity index (χ1v) is 7.34. The van der Waals surface area contributed by atoms with Gasteiger partial charge in [0.25, 0.3) is 0 Å². The lowest BCUT2D eigenvalue weighted by molar-refractivity contribution is 0.0744. The molecule has 2 rings (SSSR count). The van der Waals surface area contributed by atoms with Gasteiger partial charge in [0.15, 0.2) is 0 Å². The Hall–Kier alpha value is -0.120. The maximum Gasteiger partial charge on any atom is 0.0580 e. The van der Waals surface area contributed by atoms with Gasteiger partial charge in [-0.15, -0.1) is 0 Å². The van der Waals surface area contributed by atoms with Gasteiger partial charge in [-0.2, -0.15) is 0 Å². The van der Waals surface area contributed by atoms with Crippen LogP contribution < -0.4 is 0 Å². The van der Waals surface area contributed by atoms with Crippen molar-refractivity contribution in [1.29, 1.82) is 0 Å². The lowest BCUT2D eigenvalue weighted by Gasteiger charge is -2.28. The molecule has 3 heteroatoms. The van der Waals surface area contributed by atoms with E-state index in [1.807, 2.05) is 0 Å². The maximum absolute atomic E-state index is 10.2. The van der Waals surface area contributed by atoms with Crippen LogP contribution in [0.25, 0.3) is 0 Å². The van der Waals surface area contributed by atoms with E-state index in [0.29, 0.717) is 5.92 Å². The SMILES string of the molecule is CN1CCCN(CC2CCCCCC2O)CC1. The van der Waals surface area contributed by atoms with Crippen molar-refractivity contribution in [1.82, 2.24) is 9.80 Å². The molecular weight excluding hydrogens is 212 g/mol. The summed E-state index contributed by atoms with van der Waals surface area (Å²) in [6, 6.07) is 0. The zero-order valence-corrected chi connectivity index (χ0v) is 11.3. The van der Waals surface area contributed by atoms with Crippen LogP contribution in [0.4, 0.5) is 0 Å². The fourth-order valence-electron chi connectivity index (χ4n) is 3.19. The van der Waals surface area contributed by atoms with Crippen molar-refractivity contribution >= 4 is 0 Å². The quantitative estimate of drug-likeness (QED) is 0.742. The highest BCUT2D eigenvalue weighted by atomic mass is 16.3. The monoisotopic (exact) mass is 240 g/mol. The maximum atomic E-state index is 10.2. The van der Waals surface area contributed by atoms with Gasteiger partial charge in [-0.1, -0.05) is 19.3 Å². The summed E-state index contributed by atoms with van der Waals surface area (Å²) in [4.78, 5) is 4.99. The van der Waals surface area contributed by atoms with Gasteiger partial charge >= 0.3 is 0 Å². The van der Waals surface area contributed by atoms with E-state index in [0.717, 1.165) is 13.0 Å². The molecule has 17 heavy (non-hydrogen) atoms. The van der Waals surface area contributed by atoms with E-state index in [1.165, 1.54) is 58.3 Å². The van der Waals surface area contributed by atoms with Crippen molar-refractivity contribution < 1.29 is 5.11 Å². The Morgan fingerprint density at radius 3 is 2.65 bits per heavy atom. The van der Waals surface area contributed by atoms with E-state index in [9.17, 15) is 5.11 Å². The molecule has 2 fully saturated rings. The van der Waals surface area contributed by atoms with Crippen LogP contribution in [-0.4, -0.2) is 60.8 Å². The summed E-state index contributed by atoms with van der Waals surface area (Å²) in [7, 11) is 2.21. The van der Waals surface area contributed by atoms with Crippen molar-refractivity contribution in [3.63, 3.8) is 0 Å². The van der Waals surface area contributed by atoms with Gasteiger partial charge < -0.3 is 14.9 Å². The number of likely N-dealkylation sites (N-methyl/N-ethyl adjacent to an activating group) is 1. The standard InChI is InChI=1S/C14H28N2O/c1-15-8-5-9-16(11-10-15)12-13-6-3-2-4-7-14(13)17/h13-14,17H,2-12H2,1H3. The van der Waals surface area contributed by atoms with Gasteiger partial charge in [0.05, 0.1) is 6.10 Å². The Balaban J connectivity index is 1.81. The topological polar surface area (TPSA) is 26.7 Å². The Kier molecular flexibility index (Phi) is 5.26. The first kappa shape index (κ1) is 13.3. The number of hydrogen-bond acceptors (Lipinski definition) is 3. The third-order valence-corrected chi connectivity index (χ3v) is 4.42. The van der Waals surface area contributed by atoms with Crippen LogP contribution in [0.15, 0.2) is 0 Å². The van der Waals surface area contributed by atoms with Crippen molar-refractivity contribution in [2.24, 2.45) is 5.92 Å². The predicted octanol–water partition coefficient (Wildman–Crippen LogP) is 1.57. The molecule has 0 aromatic carbocycles. The fourth-order valence-corrected chi connectivity index (χ4v) is 3.19. The van der Waals surface area contributed by atoms with Gasteiger partial charge in [0.2, 0.25) is 0 Å². The van der Waals surface area contributed by atoms with Crippen molar-refractivity contribution in [2.75, 3.05) is 39.8 Å². The zero-order valence-electron chi connectivity index (χ0n) is 11.3. The minimum Gasteiger partial charge on any atom is -0.393 e. The van der Waals surface area contributed by atoms with Gasteiger partial charge in [-0.25, -0.2) is 0 Å². The lowest BCUT2D eigenvalue weighted by Crippen LogP contribution is -2.37. The summed E-state index contributed by atoms with van der Waals surface area (Å²) in [5, 5.41) is 10.2. The van der Waals surface area contributed by atoms with Crippen LogP contribution in [-0.2, 0) is 0 Å². The largest absolute Gasteiger partial charge is 0.393 e. The zero-order chi connectivity index (χ0) is 12.1. The van der Waals surface area contributed by atoms with Gasteiger partial charge in [0.1, 0.15) is 0 Å². The van der Waals surface area contributed by atoms with Crippen LogP contribution in [0.1, 0.15) is 38.5 Å². The first-order valence-electron chi connectivity index (χ1n) is 7.34. The Bertz CT molecular complexity index is 222. The molecule has 2 aliphatic rings. The molecule has 0 aromatic heterocycles. The third kappa shape index (κ3) is 4.23. The molecule has 0 amide bonds.